The molecule has 1 amide bonds. The van der Waals surface area contributed by atoms with Gasteiger partial charge in [0.05, 0.1) is 5.41 Å². The lowest BCUT2D eigenvalue weighted by Crippen LogP contribution is -2.29. The maximum atomic E-state index is 11.6. The molecule has 1 aromatic rings. The SMILES string of the molecule is COC(C)C(=O)Nc1ccc(C(C)(C)C(=O)O)cc1. The average molecular weight is 265 g/mol. The minimum absolute atomic E-state index is 0.243. The van der Waals surface area contributed by atoms with E-state index in [0.717, 1.165) is 0 Å². The number of hydrogen-bond donors (Lipinski definition) is 2. The van der Waals surface area contributed by atoms with Gasteiger partial charge in [-0.05, 0) is 38.5 Å². The number of carbonyl (C=O) groups excluding carboxylic acids is 1. The lowest BCUT2D eigenvalue weighted by Gasteiger charge is -2.20. The number of anilines is 1. The van der Waals surface area contributed by atoms with Crippen molar-refractivity contribution in [3.05, 3.63) is 29.8 Å². The summed E-state index contributed by atoms with van der Waals surface area (Å²) in [4.78, 5) is 22.7. The fourth-order valence-electron chi connectivity index (χ4n) is 1.44. The third kappa shape index (κ3) is 3.54. The van der Waals surface area contributed by atoms with Crippen LogP contribution in [0.15, 0.2) is 24.3 Å². The number of nitrogens with one attached hydrogen (secondary N) is 1. The molecule has 0 aliphatic rings. The van der Waals surface area contributed by atoms with Crippen molar-refractivity contribution in [2.75, 3.05) is 12.4 Å². The van der Waals surface area contributed by atoms with Gasteiger partial charge in [-0.15, -0.1) is 0 Å². The first-order valence-corrected chi connectivity index (χ1v) is 5.96. The lowest BCUT2D eigenvalue weighted by molar-refractivity contribution is -0.142. The van der Waals surface area contributed by atoms with Gasteiger partial charge in [0.25, 0.3) is 5.91 Å². The zero-order valence-electron chi connectivity index (χ0n) is 11.6. The molecule has 1 atom stereocenters. The number of rotatable bonds is 5. The summed E-state index contributed by atoms with van der Waals surface area (Å²) in [5, 5.41) is 11.8. The smallest absolute Gasteiger partial charge is 0.313 e. The van der Waals surface area contributed by atoms with Crippen molar-refractivity contribution < 1.29 is 19.4 Å². The molecular formula is C14H19NO4. The highest BCUT2D eigenvalue weighted by Gasteiger charge is 2.29. The largest absolute Gasteiger partial charge is 0.481 e. The van der Waals surface area contributed by atoms with Crippen molar-refractivity contribution in [2.45, 2.75) is 32.3 Å². The molecule has 0 spiro atoms. The number of aliphatic carboxylic acids is 1. The summed E-state index contributed by atoms with van der Waals surface area (Å²) < 4.78 is 4.90. The second-order valence-corrected chi connectivity index (χ2v) is 4.87. The first kappa shape index (κ1) is 15.2. The molecule has 0 radical (unpaired) electrons. The van der Waals surface area contributed by atoms with Gasteiger partial charge in [-0.3, -0.25) is 9.59 Å². The summed E-state index contributed by atoms with van der Waals surface area (Å²) in [5.41, 5.74) is 0.333. The summed E-state index contributed by atoms with van der Waals surface area (Å²) in [6.07, 6.45) is -0.532. The molecule has 0 saturated carbocycles. The Morgan fingerprint density at radius 1 is 1.26 bits per heavy atom. The second-order valence-electron chi connectivity index (χ2n) is 4.87. The molecule has 0 aromatic heterocycles. The number of carboxylic acid groups (broad SMARTS) is 1. The number of methoxy groups -OCH3 is 1. The number of ether oxygens (including phenoxy) is 1. The van der Waals surface area contributed by atoms with Crippen molar-refractivity contribution in [1.29, 1.82) is 0 Å². The normalized spacial score (nSPS) is 12.8. The Bertz CT molecular complexity index is 465. The Kier molecular flexibility index (Phi) is 4.67. The Hall–Kier alpha value is -1.88. The molecular weight excluding hydrogens is 246 g/mol. The van der Waals surface area contributed by atoms with E-state index >= 15 is 0 Å². The minimum Gasteiger partial charge on any atom is -0.481 e. The fourth-order valence-corrected chi connectivity index (χ4v) is 1.44. The van der Waals surface area contributed by atoms with Crippen molar-refractivity contribution in [2.24, 2.45) is 0 Å². The quantitative estimate of drug-likeness (QED) is 0.854. The molecule has 2 N–H and O–H groups in total. The van der Waals surface area contributed by atoms with Crippen LogP contribution >= 0.6 is 0 Å². The van der Waals surface area contributed by atoms with E-state index in [-0.39, 0.29) is 5.91 Å². The number of carbonyl (C=O) groups is 2. The molecule has 1 unspecified atom stereocenters. The van der Waals surface area contributed by atoms with Gasteiger partial charge < -0.3 is 15.2 Å². The van der Waals surface area contributed by atoms with Crippen molar-refractivity contribution in [3.8, 4) is 0 Å². The summed E-state index contributed by atoms with van der Waals surface area (Å²) in [6, 6.07) is 6.75. The van der Waals surface area contributed by atoms with E-state index in [2.05, 4.69) is 5.32 Å². The van der Waals surface area contributed by atoms with Crippen molar-refractivity contribution in [1.82, 2.24) is 0 Å². The first-order valence-electron chi connectivity index (χ1n) is 5.96. The molecule has 5 nitrogen and oxygen atoms in total. The third-order valence-electron chi connectivity index (χ3n) is 3.13. The predicted molar refractivity (Wildman–Crippen MR) is 72.2 cm³/mol. The molecule has 1 rings (SSSR count). The Labute approximate surface area is 112 Å². The number of carboxylic acids is 1. The number of amides is 1. The van der Waals surface area contributed by atoms with Gasteiger partial charge in [0.15, 0.2) is 0 Å². The summed E-state index contributed by atoms with van der Waals surface area (Å²) >= 11 is 0. The molecule has 104 valence electrons. The second kappa shape index (κ2) is 5.84. The highest BCUT2D eigenvalue weighted by molar-refractivity contribution is 5.94. The van der Waals surface area contributed by atoms with Crippen LogP contribution in [0.4, 0.5) is 5.69 Å². The monoisotopic (exact) mass is 265 g/mol. The average Bonchev–Trinajstić information content (AvgIpc) is 2.38. The van der Waals surface area contributed by atoms with E-state index in [0.29, 0.717) is 11.3 Å². The molecule has 19 heavy (non-hydrogen) atoms. The number of benzene rings is 1. The van der Waals surface area contributed by atoms with Crippen LogP contribution in [-0.2, 0) is 19.7 Å². The van der Waals surface area contributed by atoms with Gasteiger partial charge in [-0.2, -0.15) is 0 Å². The van der Waals surface area contributed by atoms with Gasteiger partial charge in [0.1, 0.15) is 6.10 Å². The van der Waals surface area contributed by atoms with Crippen LogP contribution in [0.5, 0.6) is 0 Å². The standard InChI is InChI=1S/C14H19NO4/c1-9(19-4)12(16)15-11-7-5-10(6-8-11)14(2,3)13(17)18/h5-9H,1-4H3,(H,15,16)(H,17,18). The summed E-state index contributed by atoms with van der Waals surface area (Å²) in [5.74, 6) is -1.13. The third-order valence-corrected chi connectivity index (χ3v) is 3.13. The molecule has 0 fully saturated rings. The Balaban J connectivity index is 2.83. The lowest BCUT2D eigenvalue weighted by atomic mass is 9.85. The van der Waals surface area contributed by atoms with E-state index in [4.69, 9.17) is 9.84 Å². The Morgan fingerprint density at radius 3 is 2.21 bits per heavy atom. The molecule has 5 heteroatoms. The van der Waals surface area contributed by atoms with E-state index in [1.165, 1.54) is 7.11 Å². The maximum absolute atomic E-state index is 11.6. The van der Waals surface area contributed by atoms with Gasteiger partial charge in [0.2, 0.25) is 0 Å². The van der Waals surface area contributed by atoms with E-state index in [1.54, 1.807) is 45.0 Å². The summed E-state index contributed by atoms with van der Waals surface area (Å²) in [7, 11) is 1.46. The molecule has 0 aliphatic carbocycles. The topological polar surface area (TPSA) is 75.6 Å². The molecule has 0 bridgehead atoms. The molecule has 1 aromatic carbocycles. The molecule has 0 heterocycles. The zero-order valence-corrected chi connectivity index (χ0v) is 11.6. The van der Waals surface area contributed by atoms with Gasteiger partial charge >= 0.3 is 5.97 Å². The minimum atomic E-state index is -0.956. The van der Waals surface area contributed by atoms with Gasteiger partial charge in [-0.25, -0.2) is 0 Å². The van der Waals surface area contributed by atoms with Gasteiger partial charge in [-0.1, -0.05) is 12.1 Å². The van der Waals surface area contributed by atoms with Gasteiger partial charge in [0, 0.05) is 12.8 Å². The van der Waals surface area contributed by atoms with Crippen LogP contribution < -0.4 is 5.32 Å². The predicted octanol–water partition coefficient (Wildman–Crippen LogP) is 2.02. The Morgan fingerprint density at radius 2 is 1.79 bits per heavy atom. The first-order chi connectivity index (χ1) is 8.78. The van der Waals surface area contributed by atoms with E-state index in [1.807, 2.05) is 0 Å². The van der Waals surface area contributed by atoms with Crippen LogP contribution in [0, 0.1) is 0 Å². The summed E-state index contributed by atoms with van der Waals surface area (Å²) in [6.45, 7) is 4.92. The van der Waals surface area contributed by atoms with Crippen molar-refractivity contribution in [3.63, 3.8) is 0 Å². The molecule has 0 aliphatic heterocycles. The van der Waals surface area contributed by atoms with Crippen LogP contribution in [-0.4, -0.2) is 30.2 Å². The fraction of sp³-hybridized carbons (Fsp3) is 0.429. The highest BCUT2D eigenvalue weighted by atomic mass is 16.5. The van der Waals surface area contributed by atoms with Crippen LogP contribution in [0.3, 0.4) is 0 Å². The van der Waals surface area contributed by atoms with Crippen LogP contribution in [0.2, 0.25) is 0 Å². The van der Waals surface area contributed by atoms with Crippen LogP contribution in [0.25, 0.3) is 0 Å². The van der Waals surface area contributed by atoms with Crippen molar-refractivity contribution >= 4 is 17.6 Å². The van der Waals surface area contributed by atoms with E-state index < -0.39 is 17.5 Å². The zero-order chi connectivity index (χ0) is 14.6. The maximum Gasteiger partial charge on any atom is 0.313 e. The van der Waals surface area contributed by atoms with E-state index in [9.17, 15) is 9.59 Å². The number of hydrogen-bond acceptors (Lipinski definition) is 3. The molecule has 0 saturated heterocycles. The highest BCUT2D eigenvalue weighted by Crippen LogP contribution is 2.24. The van der Waals surface area contributed by atoms with Crippen LogP contribution in [0.1, 0.15) is 26.3 Å².